The summed E-state index contributed by atoms with van der Waals surface area (Å²) in [6.45, 7) is 1.89. The number of nitrogen functional groups attached to an aromatic ring is 1. The lowest BCUT2D eigenvalue weighted by atomic mass is 10.3. The number of aryl methyl sites for hydroxylation is 1. The normalized spacial score (nSPS) is 10.4. The van der Waals surface area contributed by atoms with Crippen molar-refractivity contribution in [3.8, 4) is 11.5 Å². The van der Waals surface area contributed by atoms with Crippen molar-refractivity contribution in [3.05, 3.63) is 32.6 Å². The minimum Gasteiger partial charge on any atom is -0.383 e. The summed E-state index contributed by atoms with van der Waals surface area (Å²) in [5.41, 5.74) is 7.29. The molecule has 0 saturated heterocycles. The number of nitrogens with two attached hydrogens (primary N) is 1. The molecule has 0 aliphatic heterocycles. The lowest BCUT2D eigenvalue weighted by Crippen LogP contribution is -2.02. The monoisotopic (exact) mass is 346 g/mol. The second-order valence-electron chi connectivity index (χ2n) is 3.19. The van der Waals surface area contributed by atoms with E-state index in [0.717, 1.165) is 9.26 Å². The van der Waals surface area contributed by atoms with Gasteiger partial charge >= 0.3 is 0 Å². The van der Waals surface area contributed by atoms with E-state index in [9.17, 15) is 0 Å². The van der Waals surface area contributed by atoms with Gasteiger partial charge in [-0.25, -0.2) is 9.97 Å². The Kier molecular flexibility index (Phi) is 3.25. The molecule has 0 spiro atoms. The van der Waals surface area contributed by atoms with E-state index < -0.39 is 0 Å². The number of hydrogen-bond donors (Lipinski definition) is 1. The Bertz CT molecular complexity index is 504. The number of rotatable bonds is 1. The summed E-state index contributed by atoms with van der Waals surface area (Å²) in [6.07, 6.45) is 1.56. The Morgan fingerprint density at radius 1 is 1.31 bits per heavy atom. The summed E-state index contributed by atoms with van der Waals surface area (Å²) in [5.74, 6) is 0.993. The third-order valence-corrected chi connectivity index (χ3v) is 3.56. The first-order valence-corrected chi connectivity index (χ1v) is 5.95. The van der Waals surface area contributed by atoms with Crippen molar-refractivity contribution < 1.29 is 0 Å². The van der Waals surface area contributed by atoms with E-state index in [1.54, 1.807) is 18.3 Å². The van der Waals surface area contributed by atoms with E-state index >= 15 is 0 Å². The second kappa shape index (κ2) is 4.50. The fourth-order valence-corrected chi connectivity index (χ4v) is 1.56. The zero-order valence-corrected chi connectivity index (χ0v) is 11.3. The molecule has 0 aliphatic carbocycles. The van der Waals surface area contributed by atoms with E-state index in [0.29, 0.717) is 22.4 Å². The van der Waals surface area contributed by atoms with Gasteiger partial charge in [0.25, 0.3) is 0 Å². The summed E-state index contributed by atoms with van der Waals surface area (Å²) in [7, 11) is 0. The molecule has 2 heterocycles. The largest absolute Gasteiger partial charge is 0.383 e. The highest BCUT2D eigenvalue weighted by Crippen LogP contribution is 2.20. The Balaban J connectivity index is 2.52. The molecule has 82 valence electrons. The van der Waals surface area contributed by atoms with Crippen LogP contribution in [0.15, 0.2) is 18.3 Å². The van der Waals surface area contributed by atoms with Crippen molar-refractivity contribution in [1.82, 2.24) is 15.0 Å². The third kappa shape index (κ3) is 2.25. The molecule has 6 heteroatoms. The van der Waals surface area contributed by atoms with Gasteiger partial charge in [-0.2, -0.15) is 0 Å². The van der Waals surface area contributed by atoms with Gasteiger partial charge in [-0.15, -0.1) is 0 Å². The molecule has 2 rings (SSSR count). The minimum absolute atomic E-state index is 0.472. The number of aromatic nitrogens is 3. The van der Waals surface area contributed by atoms with Crippen LogP contribution < -0.4 is 5.73 Å². The van der Waals surface area contributed by atoms with Gasteiger partial charge in [0.15, 0.2) is 5.82 Å². The zero-order chi connectivity index (χ0) is 11.7. The van der Waals surface area contributed by atoms with Crippen LogP contribution in [0.25, 0.3) is 11.5 Å². The molecule has 0 aromatic carbocycles. The van der Waals surface area contributed by atoms with Crippen LogP contribution in [0.5, 0.6) is 0 Å². The number of hydrogen-bond acceptors (Lipinski definition) is 4. The van der Waals surface area contributed by atoms with Gasteiger partial charge in [0.1, 0.15) is 11.5 Å². The first kappa shape index (κ1) is 11.5. The zero-order valence-electron chi connectivity index (χ0n) is 8.41. The quantitative estimate of drug-likeness (QED) is 0.806. The number of nitrogens with zero attached hydrogens (tertiary/aromatic N) is 3. The van der Waals surface area contributed by atoms with E-state index in [-0.39, 0.29) is 0 Å². The van der Waals surface area contributed by atoms with Crippen molar-refractivity contribution in [3.63, 3.8) is 0 Å². The molecular formula is C10H8ClIN4. The average Bonchev–Trinajstić information content (AvgIpc) is 2.26. The molecule has 2 aromatic rings. The first-order valence-electron chi connectivity index (χ1n) is 4.49. The molecule has 2 N–H and O–H groups in total. The SMILES string of the molecule is Cc1nc(-c2ccc(Cl)cn2)nc(N)c1I. The van der Waals surface area contributed by atoms with Crippen LogP contribution >= 0.6 is 34.2 Å². The van der Waals surface area contributed by atoms with Gasteiger partial charge in [-0.3, -0.25) is 4.98 Å². The molecule has 4 nitrogen and oxygen atoms in total. The van der Waals surface area contributed by atoms with Crippen LogP contribution in [0.3, 0.4) is 0 Å². The summed E-state index contributed by atoms with van der Waals surface area (Å²) < 4.78 is 0.871. The number of halogens is 2. The smallest absolute Gasteiger partial charge is 0.180 e. The Morgan fingerprint density at radius 3 is 2.62 bits per heavy atom. The lowest BCUT2D eigenvalue weighted by molar-refractivity contribution is 1.08. The van der Waals surface area contributed by atoms with Crippen LogP contribution in [0, 0.1) is 10.5 Å². The summed E-state index contributed by atoms with van der Waals surface area (Å²) >= 11 is 7.88. The summed E-state index contributed by atoms with van der Waals surface area (Å²) in [4.78, 5) is 12.7. The maximum absolute atomic E-state index is 5.78. The lowest BCUT2D eigenvalue weighted by Gasteiger charge is -2.05. The predicted molar refractivity (Wildman–Crippen MR) is 72.1 cm³/mol. The standard InChI is InChI=1S/C10H8ClIN4/c1-5-8(12)9(13)16-10(15-5)7-3-2-6(11)4-14-7/h2-4H,1H3,(H2,13,15,16). The minimum atomic E-state index is 0.472. The van der Waals surface area contributed by atoms with Gasteiger partial charge < -0.3 is 5.73 Å². The highest BCUT2D eigenvalue weighted by molar-refractivity contribution is 14.1. The molecule has 0 unspecified atom stereocenters. The van der Waals surface area contributed by atoms with E-state index in [1.807, 2.05) is 6.92 Å². The maximum atomic E-state index is 5.78. The van der Waals surface area contributed by atoms with E-state index in [2.05, 4.69) is 37.5 Å². The fourth-order valence-electron chi connectivity index (χ4n) is 1.20. The molecule has 0 radical (unpaired) electrons. The molecule has 0 aliphatic rings. The van der Waals surface area contributed by atoms with Crippen molar-refractivity contribution in [2.75, 3.05) is 5.73 Å². The maximum Gasteiger partial charge on any atom is 0.180 e. The van der Waals surface area contributed by atoms with Crippen LogP contribution in [0.4, 0.5) is 5.82 Å². The van der Waals surface area contributed by atoms with Gasteiger partial charge in [0.2, 0.25) is 0 Å². The Hall–Kier alpha value is -0.950. The van der Waals surface area contributed by atoms with Crippen LogP contribution in [-0.4, -0.2) is 15.0 Å². The van der Waals surface area contributed by atoms with Gasteiger partial charge in [-0.05, 0) is 41.6 Å². The van der Waals surface area contributed by atoms with E-state index in [1.165, 1.54) is 0 Å². The number of anilines is 1. The molecule has 0 amide bonds. The topological polar surface area (TPSA) is 64.7 Å². The predicted octanol–water partition coefficient (Wildman–Crippen LogP) is 2.69. The summed E-state index contributed by atoms with van der Waals surface area (Å²) in [6, 6.07) is 3.51. The molecule has 2 aromatic heterocycles. The molecule has 16 heavy (non-hydrogen) atoms. The van der Waals surface area contributed by atoms with Crippen molar-refractivity contribution in [2.45, 2.75) is 6.92 Å². The van der Waals surface area contributed by atoms with Crippen LogP contribution in [-0.2, 0) is 0 Å². The van der Waals surface area contributed by atoms with Gasteiger partial charge in [0.05, 0.1) is 14.3 Å². The van der Waals surface area contributed by atoms with Crippen LogP contribution in [0.1, 0.15) is 5.69 Å². The molecule has 0 fully saturated rings. The van der Waals surface area contributed by atoms with Crippen molar-refractivity contribution >= 4 is 40.0 Å². The third-order valence-electron chi connectivity index (χ3n) is 2.00. The molecular weight excluding hydrogens is 338 g/mol. The molecule has 0 atom stereocenters. The van der Waals surface area contributed by atoms with Gasteiger partial charge in [0, 0.05) is 6.20 Å². The Morgan fingerprint density at radius 2 is 2.06 bits per heavy atom. The highest BCUT2D eigenvalue weighted by atomic mass is 127. The number of pyridine rings is 1. The molecule has 0 bridgehead atoms. The Labute approximate surface area is 111 Å². The molecule has 0 saturated carbocycles. The van der Waals surface area contributed by atoms with Crippen LogP contribution in [0.2, 0.25) is 5.02 Å². The van der Waals surface area contributed by atoms with Crippen molar-refractivity contribution in [2.24, 2.45) is 0 Å². The first-order chi connectivity index (χ1) is 7.58. The summed E-state index contributed by atoms with van der Waals surface area (Å²) in [5, 5.41) is 0.582. The highest BCUT2D eigenvalue weighted by Gasteiger charge is 2.09. The second-order valence-corrected chi connectivity index (χ2v) is 4.71. The van der Waals surface area contributed by atoms with E-state index in [4.69, 9.17) is 17.3 Å². The van der Waals surface area contributed by atoms with Gasteiger partial charge in [-0.1, -0.05) is 11.6 Å². The van der Waals surface area contributed by atoms with Crippen molar-refractivity contribution in [1.29, 1.82) is 0 Å². The average molecular weight is 347 g/mol. The fraction of sp³-hybridized carbons (Fsp3) is 0.100.